The number of para-hydroxylation sites is 1. The van der Waals surface area contributed by atoms with E-state index in [2.05, 4.69) is 187 Å². The average Bonchev–Trinajstić information content (AvgIpc) is 3.64. The molecule has 0 saturated heterocycles. The molecule has 4 nitrogen and oxygen atoms in total. The van der Waals surface area contributed by atoms with Crippen LogP contribution in [0.15, 0.2) is 197 Å². The van der Waals surface area contributed by atoms with Crippen molar-refractivity contribution in [3.8, 4) is 33.4 Å². The molecule has 9 aromatic rings. The highest BCUT2D eigenvalue weighted by molar-refractivity contribution is 6.17. The quantitative estimate of drug-likeness (QED) is 0.184. The van der Waals surface area contributed by atoms with Crippen molar-refractivity contribution in [2.45, 2.75) is 12.3 Å². The van der Waals surface area contributed by atoms with Gasteiger partial charge in [-0.3, -0.25) is 5.32 Å². The van der Waals surface area contributed by atoms with Gasteiger partial charge in [0.1, 0.15) is 29.3 Å². The number of furan rings is 1. The van der Waals surface area contributed by atoms with Gasteiger partial charge >= 0.3 is 0 Å². The lowest BCUT2D eigenvalue weighted by Gasteiger charge is -2.32. The third-order valence-corrected chi connectivity index (χ3v) is 10.4. The Balaban J connectivity index is 1.08. The molecular weight excluding hydrogens is 647 g/mol. The molecule has 1 aliphatic rings. The Morgan fingerprint density at radius 1 is 0.434 bits per heavy atom. The highest BCUT2D eigenvalue weighted by Gasteiger charge is 2.28. The Morgan fingerprint density at radius 2 is 1.02 bits per heavy atom. The molecule has 2 atom stereocenters. The first kappa shape index (κ1) is 31.0. The number of nitrogens with zero attached hydrogens (tertiary/aromatic N) is 1. The van der Waals surface area contributed by atoms with Crippen LogP contribution in [0.2, 0.25) is 0 Å². The van der Waals surface area contributed by atoms with Crippen molar-refractivity contribution in [3.05, 3.63) is 205 Å². The van der Waals surface area contributed by atoms with E-state index in [0.29, 0.717) is 0 Å². The van der Waals surface area contributed by atoms with Crippen molar-refractivity contribution in [1.29, 1.82) is 0 Å². The number of rotatable bonds is 6. The topological polar surface area (TPSA) is 49.6 Å². The van der Waals surface area contributed by atoms with Gasteiger partial charge in [-0.1, -0.05) is 182 Å². The van der Waals surface area contributed by atoms with Gasteiger partial charge in [0.25, 0.3) is 0 Å². The van der Waals surface area contributed by atoms with E-state index < -0.39 is 0 Å². The zero-order valence-electron chi connectivity index (χ0n) is 28.9. The fraction of sp³-hybridized carbons (Fsp3) is 0.0408. The van der Waals surface area contributed by atoms with Crippen LogP contribution in [0, 0.1) is 0 Å². The fourth-order valence-electron chi connectivity index (χ4n) is 7.85. The van der Waals surface area contributed by atoms with Crippen molar-refractivity contribution < 1.29 is 4.42 Å². The summed E-state index contributed by atoms with van der Waals surface area (Å²) in [4.78, 5) is 5.20. The first-order valence-electron chi connectivity index (χ1n) is 18.1. The van der Waals surface area contributed by atoms with Gasteiger partial charge in [0.15, 0.2) is 0 Å². The summed E-state index contributed by atoms with van der Waals surface area (Å²) in [5.41, 5.74) is 12.0. The molecule has 0 amide bonds. The summed E-state index contributed by atoms with van der Waals surface area (Å²) in [6.45, 7) is 0. The number of fused-ring (bicyclic) bond motifs is 4. The zero-order valence-corrected chi connectivity index (χ0v) is 28.9. The summed E-state index contributed by atoms with van der Waals surface area (Å²) < 4.78 is 6.83. The maximum Gasteiger partial charge on any atom is 0.142 e. The van der Waals surface area contributed by atoms with Crippen molar-refractivity contribution in [3.63, 3.8) is 0 Å². The highest BCUT2D eigenvalue weighted by atomic mass is 16.3. The largest absolute Gasteiger partial charge is 0.456 e. The summed E-state index contributed by atoms with van der Waals surface area (Å²) >= 11 is 0. The Labute approximate surface area is 308 Å². The van der Waals surface area contributed by atoms with Crippen molar-refractivity contribution in [2.24, 2.45) is 4.99 Å². The van der Waals surface area contributed by atoms with E-state index in [1.54, 1.807) is 0 Å². The Kier molecular flexibility index (Phi) is 7.67. The molecule has 2 N–H and O–H groups in total. The van der Waals surface area contributed by atoms with Crippen LogP contribution in [-0.2, 0) is 0 Å². The van der Waals surface area contributed by atoms with Gasteiger partial charge in [-0.05, 0) is 55.8 Å². The summed E-state index contributed by atoms with van der Waals surface area (Å²) in [5, 5.41) is 12.2. The molecule has 1 aliphatic heterocycles. The molecule has 0 aliphatic carbocycles. The lowest BCUT2D eigenvalue weighted by Crippen LogP contribution is -2.45. The summed E-state index contributed by atoms with van der Waals surface area (Å²) in [6.07, 6.45) is -0.536. The molecule has 2 heterocycles. The van der Waals surface area contributed by atoms with Crippen LogP contribution < -0.4 is 10.6 Å². The number of nitrogens with one attached hydrogen (secondary N) is 2. The molecule has 0 spiro atoms. The highest BCUT2D eigenvalue weighted by Crippen LogP contribution is 2.43. The van der Waals surface area contributed by atoms with E-state index in [1.807, 2.05) is 12.1 Å². The maximum atomic E-state index is 6.83. The molecule has 0 bridgehead atoms. The van der Waals surface area contributed by atoms with Gasteiger partial charge in [0.05, 0.1) is 0 Å². The normalized spacial score (nSPS) is 15.7. The van der Waals surface area contributed by atoms with Crippen molar-refractivity contribution >= 4 is 38.5 Å². The monoisotopic (exact) mass is 681 g/mol. The van der Waals surface area contributed by atoms with Crippen LogP contribution >= 0.6 is 0 Å². The third-order valence-electron chi connectivity index (χ3n) is 10.4. The van der Waals surface area contributed by atoms with E-state index in [0.717, 1.165) is 50.0 Å². The Bertz CT molecular complexity index is 2770. The molecule has 1 aromatic heterocycles. The van der Waals surface area contributed by atoms with Gasteiger partial charge in [-0.2, -0.15) is 0 Å². The smallest absolute Gasteiger partial charge is 0.142 e. The first-order valence-corrected chi connectivity index (χ1v) is 18.1. The van der Waals surface area contributed by atoms with Gasteiger partial charge in [-0.15, -0.1) is 0 Å². The minimum atomic E-state index is -0.272. The molecule has 53 heavy (non-hydrogen) atoms. The van der Waals surface area contributed by atoms with Crippen molar-refractivity contribution in [1.82, 2.24) is 10.6 Å². The van der Waals surface area contributed by atoms with Crippen LogP contribution in [0.3, 0.4) is 0 Å². The maximum absolute atomic E-state index is 6.83. The van der Waals surface area contributed by atoms with E-state index in [1.165, 1.54) is 38.6 Å². The van der Waals surface area contributed by atoms with Crippen LogP contribution in [0.25, 0.3) is 66.1 Å². The molecule has 0 radical (unpaired) electrons. The van der Waals surface area contributed by atoms with E-state index in [4.69, 9.17) is 9.41 Å². The molecular formula is C49H35N3O. The zero-order chi connectivity index (χ0) is 35.1. The third kappa shape index (κ3) is 5.57. The molecule has 8 aromatic carbocycles. The van der Waals surface area contributed by atoms with Gasteiger partial charge in [-0.25, -0.2) is 4.99 Å². The summed E-state index contributed by atoms with van der Waals surface area (Å²) in [7, 11) is 0. The summed E-state index contributed by atoms with van der Waals surface area (Å²) in [5.74, 6) is 0.838. The molecule has 2 unspecified atom stereocenters. The lowest BCUT2D eigenvalue weighted by molar-refractivity contribution is 0.408. The second-order valence-corrected chi connectivity index (χ2v) is 13.6. The van der Waals surface area contributed by atoms with E-state index in [9.17, 15) is 0 Å². The standard InChI is InChI=1S/C49H35N3O/c1-4-14-32(15-5-1)33-26-28-36(29-27-33)48-50-47(35-18-8-3-9-19-35)51-49(52-48)43-24-12-23-42-45-41(22-13-25-44(45)53-46(42)43)40-31-30-37(34-16-6-2-7-17-34)38-20-10-11-21-39(38)40/h1-31,48-49,52H,(H,50,51). The first-order chi connectivity index (χ1) is 26.3. The minimum absolute atomic E-state index is 0.264. The molecule has 10 rings (SSSR count). The van der Waals surface area contributed by atoms with Crippen LogP contribution in [0.1, 0.15) is 29.0 Å². The predicted molar refractivity (Wildman–Crippen MR) is 219 cm³/mol. The number of amidine groups is 1. The van der Waals surface area contributed by atoms with Gasteiger partial charge in [0.2, 0.25) is 0 Å². The average molecular weight is 682 g/mol. The number of aliphatic imine (C=N–C) groups is 1. The lowest BCUT2D eigenvalue weighted by atomic mass is 9.90. The molecule has 252 valence electrons. The number of hydrogen-bond donors (Lipinski definition) is 2. The minimum Gasteiger partial charge on any atom is -0.456 e. The van der Waals surface area contributed by atoms with Crippen LogP contribution in [-0.4, -0.2) is 5.84 Å². The fourth-order valence-corrected chi connectivity index (χ4v) is 7.85. The molecule has 4 heteroatoms. The van der Waals surface area contributed by atoms with Crippen LogP contribution in [0.5, 0.6) is 0 Å². The number of hydrogen-bond acceptors (Lipinski definition) is 4. The second-order valence-electron chi connectivity index (χ2n) is 13.6. The van der Waals surface area contributed by atoms with Gasteiger partial charge < -0.3 is 9.73 Å². The molecule has 0 saturated carbocycles. The number of benzene rings is 8. The van der Waals surface area contributed by atoms with Gasteiger partial charge in [0, 0.05) is 21.9 Å². The van der Waals surface area contributed by atoms with E-state index in [-0.39, 0.29) is 12.3 Å². The van der Waals surface area contributed by atoms with Crippen molar-refractivity contribution in [2.75, 3.05) is 0 Å². The Morgan fingerprint density at radius 3 is 1.75 bits per heavy atom. The molecule has 0 fully saturated rings. The predicted octanol–water partition coefficient (Wildman–Crippen LogP) is 12.1. The SMILES string of the molecule is c1ccc(C2=NC(c3ccc(-c4ccccc4)cc3)NC(c3cccc4c3oc3cccc(-c5ccc(-c6ccccc6)c6ccccc56)c34)N2)cc1. The van der Waals surface area contributed by atoms with E-state index >= 15 is 0 Å². The second kappa shape index (κ2) is 13.1. The van der Waals surface area contributed by atoms with Crippen LogP contribution in [0.4, 0.5) is 0 Å². The Hall–Kier alpha value is -6.75. The summed E-state index contributed by atoms with van der Waals surface area (Å²) in [6, 6.07) is 66.3.